The van der Waals surface area contributed by atoms with E-state index in [-0.39, 0.29) is 17.2 Å². The highest BCUT2D eigenvalue weighted by Crippen LogP contribution is 2.28. The summed E-state index contributed by atoms with van der Waals surface area (Å²) in [6, 6.07) is 14.6. The molecule has 0 aliphatic rings. The Balaban J connectivity index is 1.65. The van der Waals surface area contributed by atoms with Crippen molar-refractivity contribution >= 4 is 44.2 Å². The van der Waals surface area contributed by atoms with Crippen LogP contribution in [0.1, 0.15) is 12.5 Å². The van der Waals surface area contributed by atoms with E-state index in [1.54, 1.807) is 61.7 Å². The maximum atomic E-state index is 13.1. The number of hydrogen-bond acceptors (Lipinski definition) is 7. The van der Waals surface area contributed by atoms with E-state index in [0.717, 1.165) is 5.56 Å². The Bertz CT molecular complexity index is 1450. The van der Waals surface area contributed by atoms with Crippen LogP contribution in [0.4, 0.5) is 5.69 Å². The molecule has 9 nitrogen and oxygen atoms in total. The minimum atomic E-state index is -3.91. The molecule has 0 aliphatic heterocycles. The molecule has 2 aromatic heterocycles. The van der Waals surface area contributed by atoms with Gasteiger partial charge >= 0.3 is 0 Å². The van der Waals surface area contributed by atoms with Gasteiger partial charge in [-0.2, -0.15) is 0 Å². The van der Waals surface area contributed by atoms with Crippen molar-refractivity contribution in [2.75, 3.05) is 11.3 Å². The van der Waals surface area contributed by atoms with Crippen LogP contribution < -0.4 is 4.72 Å². The van der Waals surface area contributed by atoms with E-state index in [2.05, 4.69) is 31.8 Å². The Labute approximate surface area is 195 Å². The van der Waals surface area contributed by atoms with Crippen LogP contribution in [0.15, 0.2) is 83.5 Å². The van der Waals surface area contributed by atoms with E-state index >= 15 is 0 Å². The summed E-state index contributed by atoms with van der Waals surface area (Å²) < 4.78 is 30.3. The fourth-order valence-corrected chi connectivity index (χ4v) is 4.27. The van der Waals surface area contributed by atoms with Crippen LogP contribution in [0, 0.1) is 0 Å². The summed E-state index contributed by atoms with van der Waals surface area (Å²) >= 11 is 6.18. The highest BCUT2D eigenvalue weighted by Gasteiger charge is 2.19. The van der Waals surface area contributed by atoms with Crippen LogP contribution in [0.3, 0.4) is 0 Å². The molecule has 0 atom stereocenters. The van der Waals surface area contributed by atoms with Gasteiger partial charge in [0.05, 0.1) is 22.0 Å². The fourth-order valence-electron chi connectivity index (χ4n) is 3.03. The van der Waals surface area contributed by atoms with E-state index < -0.39 is 10.0 Å². The molecule has 4 aromatic rings. The standard InChI is InChI=1S/C22H19ClN6O3S/c1-3-13-32-26-15(2)16-6-9-18(10-7-16)33(30,31)27-19-11-8-17(23)14-21(19)29-20-5-4-12-24-22(20)25-28-29/h3-12,14,27H,1,13H2,2H3/b26-15-. The molecule has 2 aromatic carbocycles. The van der Waals surface area contributed by atoms with E-state index in [9.17, 15) is 8.42 Å². The zero-order valence-electron chi connectivity index (χ0n) is 17.5. The van der Waals surface area contributed by atoms with Gasteiger partial charge in [-0.3, -0.25) is 4.72 Å². The van der Waals surface area contributed by atoms with Crippen molar-refractivity contribution in [3.05, 3.63) is 84.0 Å². The minimum absolute atomic E-state index is 0.0806. The molecule has 0 amide bonds. The van der Waals surface area contributed by atoms with Gasteiger partial charge in [0.15, 0.2) is 0 Å². The normalized spacial score (nSPS) is 12.0. The molecule has 2 heterocycles. The van der Waals surface area contributed by atoms with E-state index in [1.165, 1.54) is 16.8 Å². The summed E-state index contributed by atoms with van der Waals surface area (Å²) in [5.74, 6) is 0. The molecule has 0 fully saturated rings. The molecule has 4 rings (SSSR count). The van der Waals surface area contributed by atoms with Crippen molar-refractivity contribution in [3.8, 4) is 5.69 Å². The van der Waals surface area contributed by atoms with Crippen LogP contribution in [0.25, 0.3) is 16.9 Å². The van der Waals surface area contributed by atoms with Gasteiger partial charge in [-0.25, -0.2) is 18.1 Å². The lowest BCUT2D eigenvalue weighted by Gasteiger charge is -2.13. The summed E-state index contributed by atoms with van der Waals surface area (Å²) in [7, 11) is -3.91. The Morgan fingerprint density at radius 1 is 1.24 bits per heavy atom. The topological polar surface area (TPSA) is 111 Å². The summed E-state index contributed by atoms with van der Waals surface area (Å²) in [6.07, 6.45) is 3.19. The first-order valence-electron chi connectivity index (χ1n) is 9.76. The highest BCUT2D eigenvalue weighted by atomic mass is 35.5. The van der Waals surface area contributed by atoms with Crippen LogP contribution in [-0.2, 0) is 14.9 Å². The third-order valence-corrected chi connectivity index (χ3v) is 6.25. The lowest BCUT2D eigenvalue weighted by atomic mass is 10.1. The molecule has 0 bridgehead atoms. The van der Waals surface area contributed by atoms with Gasteiger partial charge in [-0.15, -0.1) is 5.10 Å². The maximum Gasteiger partial charge on any atom is 0.261 e. The molecule has 0 aliphatic carbocycles. The number of oxime groups is 1. The van der Waals surface area contributed by atoms with Gasteiger partial charge in [0.1, 0.15) is 12.1 Å². The molecular formula is C22H19ClN6O3S. The molecule has 11 heteroatoms. The molecule has 0 spiro atoms. The number of fused-ring (bicyclic) bond motifs is 1. The molecule has 0 saturated carbocycles. The lowest BCUT2D eigenvalue weighted by Crippen LogP contribution is -2.15. The SMILES string of the molecule is C=CCO/N=C(/C)c1ccc(S(=O)(=O)Nc2ccc(Cl)cc2-n2nnc3ncccc32)cc1. The Morgan fingerprint density at radius 2 is 2.03 bits per heavy atom. The second-order valence-electron chi connectivity index (χ2n) is 6.90. The Hall–Kier alpha value is -3.76. The number of benzene rings is 2. The maximum absolute atomic E-state index is 13.1. The Kier molecular flexibility index (Phi) is 6.38. The van der Waals surface area contributed by atoms with E-state index in [1.807, 2.05) is 0 Å². The second-order valence-corrected chi connectivity index (χ2v) is 9.02. The zero-order chi connectivity index (χ0) is 23.4. The number of anilines is 1. The van der Waals surface area contributed by atoms with Crippen molar-refractivity contribution in [3.63, 3.8) is 0 Å². The quantitative estimate of drug-likeness (QED) is 0.174. The minimum Gasteiger partial charge on any atom is -0.391 e. The molecule has 0 saturated heterocycles. The molecule has 0 unspecified atom stereocenters. The first-order valence-corrected chi connectivity index (χ1v) is 11.6. The number of sulfonamides is 1. The monoisotopic (exact) mass is 482 g/mol. The predicted molar refractivity (Wildman–Crippen MR) is 127 cm³/mol. The number of aromatic nitrogens is 4. The second kappa shape index (κ2) is 9.39. The first-order chi connectivity index (χ1) is 15.9. The van der Waals surface area contributed by atoms with Crippen molar-refractivity contribution in [2.45, 2.75) is 11.8 Å². The van der Waals surface area contributed by atoms with Gasteiger partial charge in [-0.1, -0.05) is 46.8 Å². The van der Waals surface area contributed by atoms with E-state index in [0.29, 0.717) is 27.6 Å². The molecular weight excluding hydrogens is 464 g/mol. The van der Waals surface area contributed by atoms with Crippen molar-refractivity contribution in [2.24, 2.45) is 5.16 Å². The number of nitrogens with one attached hydrogen (secondary N) is 1. The number of hydrogen-bond donors (Lipinski definition) is 1. The predicted octanol–water partition coefficient (Wildman–Crippen LogP) is 4.20. The smallest absolute Gasteiger partial charge is 0.261 e. The first kappa shape index (κ1) is 22.4. The molecule has 1 N–H and O–H groups in total. The van der Waals surface area contributed by atoms with Gasteiger partial charge < -0.3 is 4.84 Å². The van der Waals surface area contributed by atoms with Gasteiger partial charge in [-0.05, 0) is 55.0 Å². The summed E-state index contributed by atoms with van der Waals surface area (Å²) in [5.41, 5.74) is 3.08. The van der Waals surface area contributed by atoms with Crippen LogP contribution in [0.2, 0.25) is 5.02 Å². The van der Waals surface area contributed by atoms with E-state index in [4.69, 9.17) is 16.4 Å². The summed E-state index contributed by atoms with van der Waals surface area (Å²) in [4.78, 5) is 9.31. The van der Waals surface area contributed by atoms with Crippen molar-refractivity contribution in [1.29, 1.82) is 0 Å². The number of halogens is 1. The van der Waals surface area contributed by atoms with Crippen LogP contribution >= 0.6 is 11.6 Å². The highest BCUT2D eigenvalue weighted by molar-refractivity contribution is 7.92. The van der Waals surface area contributed by atoms with Crippen LogP contribution in [0.5, 0.6) is 0 Å². The summed E-state index contributed by atoms with van der Waals surface area (Å²) in [6.45, 7) is 5.61. The molecule has 33 heavy (non-hydrogen) atoms. The largest absolute Gasteiger partial charge is 0.391 e. The van der Waals surface area contributed by atoms with Crippen molar-refractivity contribution in [1.82, 2.24) is 20.0 Å². The third-order valence-electron chi connectivity index (χ3n) is 4.63. The van der Waals surface area contributed by atoms with Gasteiger partial charge in [0.2, 0.25) is 5.65 Å². The van der Waals surface area contributed by atoms with Gasteiger partial charge in [0.25, 0.3) is 10.0 Å². The molecule has 0 radical (unpaired) electrons. The van der Waals surface area contributed by atoms with Gasteiger partial charge in [0, 0.05) is 11.2 Å². The summed E-state index contributed by atoms with van der Waals surface area (Å²) in [5, 5.41) is 12.5. The Morgan fingerprint density at radius 3 is 2.79 bits per heavy atom. The number of pyridine rings is 1. The average Bonchev–Trinajstić information content (AvgIpc) is 3.24. The number of nitrogens with zero attached hydrogens (tertiary/aromatic N) is 5. The van der Waals surface area contributed by atoms with Crippen LogP contribution in [-0.4, -0.2) is 40.7 Å². The zero-order valence-corrected chi connectivity index (χ0v) is 19.1. The number of rotatable bonds is 8. The lowest BCUT2D eigenvalue weighted by molar-refractivity contribution is 0.175. The fraction of sp³-hybridized carbons (Fsp3) is 0.0909. The molecule has 168 valence electrons. The average molecular weight is 483 g/mol. The van der Waals surface area contributed by atoms with Crippen molar-refractivity contribution < 1.29 is 13.3 Å². The third kappa shape index (κ3) is 4.86.